The molecule has 5 nitrogen and oxygen atoms in total. The molecule has 156 valence electrons. The zero-order valence-electron chi connectivity index (χ0n) is 17.6. The Hall–Kier alpha value is -3.57. The van der Waals surface area contributed by atoms with Crippen molar-refractivity contribution in [1.82, 2.24) is 4.90 Å². The van der Waals surface area contributed by atoms with Gasteiger partial charge in [-0.1, -0.05) is 42.0 Å². The van der Waals surface area contributed by atoms with E-state index in [1.54, 1.807) is 19.4 Å². The van der Waals surface area contributed by atoms with Crippen molar-refractivity contribution < 1.29 is 13.9 Å². The van der Waals surface area contributed by atoms with Crippen LogP contribution in [-0.4, -0.2) is 18.7 Å². The third-order valence-electron chi connectivity index (χ3n) is 5.71. The highest BCUT2D eigenvalue weighted by molar-refractivity contribution is 5.85. The molecule has 0 bridgehead atoms. The minimum atomic E-state index is -0.0510. The topological polar surface area (TPSA) is 51.9 Å². The molecule has 1 aliphatic heterocycles. The first-order valence-corrected chi connectivity index (χ1v) is 10.2. The summed E-state index contributed by atoms with van der Waals surface area (Å²) in [5.74, 6) is 1.52. The van der Waals surface area contributed by atoms with Crippen LogP contribution in [0.5, 0.6) is 11.5 Å². The van der Waals surface area contributed by atoms with Gasteiger partial charge in [-0.2, -0.15) is 0 Å². The van der Waals surface area contributed by atoms with Crippen LogP contribution in [0, 0.1) is 6.92 Å². The summed E-state index contributed by atoms with van der Waals surface area (Å²) in [5, 5.41) is 0.563. The number of methoxy groups -OCH3 is 1. The SMILES string of the molecule is COc1ccc(-c2coc3c4c(ccc3c2=O)OCN(Cc2ccc(C)cc2)C4)cc1. The summed E-state index contributed by atoms with van der Waals surface area (Å²) in [6.45, 7) is 4.01. The molecule has 0 saturated carbocycles. The predicted octanol–water partition coefficient (Wildman–Crippen LogP) is 5.13. The smallest absolute Gasteiger partial charge is 0.200 e. The molecule has 0 N–H and O–H groups in total. The van der Waals surface area contributed by atoms with Gasteiger partial charge in [-0.15, -0.1) is 0 Å². The highest BCUT2D eigenvalue weighted by Gasteiger charge is 2.23. The Kier molecular flexibility index (Phi) is 4.96. The predicted molar refractivity (Wildman–Crippen MR) is 120 cm³/mol. The second-order valence-electron chi connectivity index (χ2n) is 7.87. The van der Waals surface area contributed by atoms with Gasteiger partial charge in [0.15, 0.2) is 0 Å². The summed E-state index contributed by atoms with van der Waals surface area (Å²) in [4.78, 5) is 15.4. The second kappa shape index (κ2) is 7.93. The molecule has 3 aromatic carbocycles. The first kappa shape index (κ1) is 19.4. The maximum absolute atomic E-state index is 13.2. The van der Waals surface area contributed by atoms with Crippen molar-refractivity contribution in [3.05, 3.63) is 93.8 Å². The number of hydrogen-bond donors (Lipinski definition) is 0. The summed E-state index contributed by atoms with van der Waals surface area (Å²) in [5.41, 5.74) is 5.24. The van der Waals surface area contributed by atoms with E-state index in [2.05, 4.69) is 36.1 Å². The lowest BCUT2D eigenvalue weighted by Crippen LogP contribution is -2.31. The number of hydrogen-bond acceptors (Lipinski definition) is 5. The third-order valence-corrected chi connectivity index (χ3v) is 5.71. The molecule has 0 spiro atoms. The Morgan fingerprint density at radius 3 is 2.52 bits per heavy atom. The monoisotopic (exact) mass is 413 g/mol. The number of rotatable bonds is 4. The van der Waals surface area contributed by atoms with E-state index in [-0.39, 0.29) is 5.43 Å². The first-order chi connectivity index (χ1) is 15.1. The lowest BCUT2D eigenvalue weighted by molar-refractivity contribution is 0.0890. The molecule has 4 aromatic rings. The molecular formula is C26H23NO4. The summed E-state index contributed by atoms with van der Waals surface area (Å²) in [6, 6.07) is 19.6. The zero-order valence-corrected chi connectivity index (χ0v) is 17.6. The van der Waals surface area contributed by atoms with Crippen molar-refractivity contribution >= 4 is 11.0 Å². The van der Waals surface area contributed by atoms with Gasteiger partial charge in [-0.05, 0) is 42.3 Å². The first-order valence-electron chi connectivity index (χ1n) is 10.2. The van der Waals surface area contributed by atoms with Gasteiger partial charge < -0.3 is 13.9 Å². The number of benzene rings is 3. The minimum absolute atomic E-state index is 0.0510. The van der Waals surface area contributed by atoms with Crippen LogP contribution in [0.1, 0.15) is 16.7 Å². The molecule has 0 radical (unpaired) electrons. The van der Waals surface area contributed by atoms with Gasteiger partial charge in [0.25, 0.3) is 0 Å². The maximum atomic E-state index is 13.2. The molecule has 0 saturated heterocycles. The highest BCUT2D eigenvalue weighted by Crippen LogP contribution is 2.33. The average molecular weight is 413 g/mol. The molecule has 1 aliphatic rings. The Morgan fingerprint density at radius 2 is 1.77 bits per heavy atom. The molecule has 0 unspecified atom stereocenters. The van der Waals surface area contributed by atoms with Crippen molar-refractivity contribution in [2.45, 2.75) is 20.0 Å². The van der Waals surface area contributed by atoms with Crippen LogP contribution in [0.15, 0.2) is 76.1 Å². The molecule has 0 amide bonds. The van der Waals surface area contributed by atoms with Crippen molar-refractivity contribution in [1.29, 1.82) is 0 Å². The Balaban J connectivity index is 1.49. The fourth-order valence-corrected chi connectivity index (χ4v) is 3.98. The average Bonchev–Trinajstić information content (AvgIpc) is 2.81. The van der Waals surface area contributed by atoms with Gasteiger partial charge in [-0.25, -0.2) is 0 Å². The largest absolute Gasteiger partial charge is 0.497 e. The van der Waals surface area contributed by atoms with E-state index in [9.17, 15) is 4.79 Å². The van der Waals surface area contributed by atoms with Crippen molar-refractivity contribution in [2.24, 2.45) is 0 Å². The normalized spacial score (nSPS) is 13.6. The number of nitrogens with zero attached hydrogens (tertiary/aromatic N) is 1. The molecule has 0 fully saturated rings. The fraction of sp³-hybridized carbons (Fsp3) is 0.192. The van der Waals surface area contributed by atoms with Gasteiger partial charge in [0.05, 0.1) is 23.6 Å². The van der Waals surface area contributed by atoms with E-state index < -0.39 is 0 Å². The zero-order chi connectivity index (χ0) is 21.4. The van der Waals surface area contributed by atoms with E-state index in [0.717, 1.165) is 29.2 Å². The van der Waals surface area contributed by atoms with Crippen LogP contribution in [0.4, 0.5) is 0 Å². The van der Waals surface area contributed by atoms with Crippen molar-refractivity contribution in [3.8, 4) is 22.6 Å². The lowest BCUT2D eigenvalue weighted by Gasteiger charge is -2.29. The molecule has 31 heavy (non-hydrogen) atoms. The summed E-state index contributed by atoms with van der Waals surface area (Å²) in [6.07, 6.45) is 1.55. The van der Waals surface area contributed by atoms with Crippen LogP contribution in [0.25, 0.3) is 22.1 Å². The number of ether oxygens (including phenoxy) is 2. The van der Waals surface area contributed by atoms with Gasteiger partial charge >= 0.3 is 0 Å². The van der Waals surface area contributed by atoms with Crippen LogP contribution in [-0.2, 0) is 13.1 Å². The molecule has 2 heterocycles. The highest BCUT2D eigenvalue weighted by atomic mass is 16.5. The molecule has 5 rings (SSSR count). The van der Waals surface area contributed by atoms with Crippen molar-refractivity contribution in [3.63, 3.8) is 0 Å². The quantitative estimate of drug-likeness (QED) is 0.464. The summed E-state index contributed by atoms with van der Waals surface area (Å²) in [7, 11) is 1.62. The molecule has 0 atom stereocenters. The van der Waals surface area contributed by atoms with E-state index in [4.69, 9.17) is 13.9 Å². The van der Waals surface area contributed by atoms with E-state index >= 15 is 0 Å². The van der Waals surface area contributed by atoms with E-state index in [0.29, 0.717) is 29.8 Å². The summed E-state index contributed by atoms with van der Waals surface area (Å²) < 4.78 is 17.2. The molecular weight excluding hydrogens is 390 g/mol. The Labute approximate surface area is 180 Å². The van der Waals surface area contributed by atoms with Gasteiger partial charge in [0.1, 0.15) is 30.1 Å². The van der Waals surface area contributed by atoms with Gasteiger partial charge in [0.2, 0.25) is 5.43 Å². The van der Waals surface area contributed by atoms with Gasteiger partial charge in [-0.3, -0.25) is 9.69 Å². The standard InChI is InChI=1S/C26H23NO4/c1-17-3-5-18(6-4-17)13-27-14-22-24(31-16-27)12-11-21-25(28)23(15-30-26(21)22)19-7-9-20(29-2)10-8-19/h3-12,15H,13-14,16H2,1-2H3. The maximum Gasteiger partial charge on any atom is 0.200 e. The van der Waals surface area contributed by atoms with E-state index in [1.165, 1.54) is 11.1 Å². The molecule has 5 heteroatoms. The number of aryl methyl sites for hydroxylation is 1. The minimum Gasteiger partial charge on any atom is -0.497 e. The Morgan fingerprint density at radius 1 is 1.00 bits per heavy atom. The second-order valence-corrected chi connectivity index (χ2v) is 7.87. The Bertz CT molecular complexity index is 1290. The van der Waals surface area contributed by atoms with E-state index in [1.807, 2.05) is 30.3 Å². The number of fused-ring (bicyclic) bond motifs is 3. The fourth-order valence-electron chi connectivity index (χ4n) is 3.98. The third kappa shape index (κ3) is 3.68. The van der Waals surface area contributed by atoms with Crippen molar-refractivity contribution in [2.75, 3.05) is 13.8 Å². The van der Waals surface area contributed by atoms with Crippen LogP contribution < -0.4 is 14.9 Å². The van der Waals surface area contributed by atoms with Gasteiger partial charge in [0, 0.05) is 13.1 Å². The summed E-state index contributed by atoms with van der Waals surface area (Å²) >= 11 is 0. The molecule has 1 aromatic heterocycles. The molecule has 0 aliphatic carbocycles. The van der Waals surface area contributed by atoms with Crippen LogP contribution >= 0.6 is 0 Å². The van der Waals surface area contributed by atoms with Crippen LogP contribution in [0.3, 0.4) is 0 Å². The van der Waals surface area contributed by atoms with Crippen LogP contribution in [0.2, 0.25) is 0 Å². The lowest BCUT2D eigenvalue weighted by atomic mass is 10.0.